The van der Waals surface area contributed by atoms with E-state index in [2.05, 4.69) is 0 Å². The van der Waals surface area contributed by atoms with Gasteiger partial charge in [0.25, 0.3) is 0 Å². The van der Waals surface area contributed by atoms with E-state index in [4.69, 9.17) is 4.74 Å². The minimum Gasteiger partial charge on any atom is -0.547 e. The molecule has 0 heterocycles. The number of phenolic OH excluding ortho intramolecular Hbond substituents is 1. The summed E-state index contributed by atoms with van der Waals surface area (Å²) >= 11 is 0. The molecule has 0 radical (unpaired) electrons. The van der Waals surface area contributed by atoms with Crippen molar-refractivity contribution in [3.63, 3.8) is 0 Å². The van der Waals surface area contributed by atoms with E-state index in [9.17, 15) is 20.1 Å². The van der Waals surface area contributed by atoms with Crippen LogP contribution in [0.2, 0.25) is 0 Å². The number of methoxy groups -OCH3 is 1. The van der Waals surface area contributed by atoms with E-state index in [0.29, 0.717) is 0 Å². The second kappa shape index (κ2) is 5.54. The summed E-state index contributed by atoms with van der Waals surface area (Å²) in [4.78, 5) is 10.6. The van der Waals surface area contributed by atoms with Crippen molar-refractivity contribution < 1.29 is 54.4 Å². The molecule has 0 aliphatic carbocycles. The van der Waals surface area contributed by atoms with Crippen molar-refractivity contribution in [2.75, 3.05) is 7.11 Å². The third-order valence-corrected chi connectivity index (χ3v) is 2.14. The number of aliphatic hydroxyl groups is 1. The number of carbonyl (C=O) groups is 1. The number of rotatable bonds is 3. The number of hydrogen-bond donors (Lipinski definition) is 2. The van der Waals surface area contributed by atoms with Crippen LogP contribution in [0.3, 0.4) is 0 Å². The number of ether oxygens (including phenoxy) is 1. The van der Waals surface area contributed by atoms with Crippen LogP contribution in [0.1, 0.15) is 12.5 Å². The fourth-order valence-corrected chi connectivity index (χ4v) is 1.10. The molecule has 0 bridgehead atoms. The maximum Gasteiger partial charge on any atom is 1.00 e. The van der Waals surface area contributed by atoms with Gasteiger partial charge in [-0.3, -0.25) is 0 Å². The first-order chi connectivity index (χ1) is 6.89. The number of aromatic hydroxyl groups is 1. The smallest absolute Gasteiger partial charge is 0.547 e. The van der Waals surface area contributed by atoms with Crippen LogP contribution in [-0.4, -0.2) is 23.3 Å². The summed E-state index contributed by atoms with van der Waals surface area (Å²) in [5.41, 5.74) is -2.03. The first-order valence-electron chi connectivity index (χ1n) is 4.21. The molecule has 82 valence electrons. The van der Waals surface area contributed by atoms with Crippen LogP contribution in [0.5, 0.6) is 11.5 Å². The van der Waals surface area contributed by atoms with Gasteiger partial charge in [-0.1, -0.05) is 6.07 Å². The molecule has 0 aromatic heterocycles. The van der Waals surface area contributed by atoms with Crippen LogP contribution in [0.25, 0.3) is 0 Å². The Balaban J connectivity index is 0.00000225. The van der Waals surface area contributed by atoms with Crippen molar-refractivity contribution in [1.29, 1.82) is 0 Å². The zero-order valence-electron chi connectivity index (χ0n) is 9.35. The van der Waals surface area contributed by atoms with Gasteiger partial charge in [0, 0.05) is 0 Å². The number of benzene rings is 1. The summed E-state index contributed by atoms with van der Waals surface area (Å²) in [6, 6.07) is 3.77. The molecular formula is C10H11NaO5. The molecule has 16 heavy (non-hydrogen) atoms. The molecular weight excluding hydrogens is 223 g/mol. The van der Waals surface area contributed by atoms with Crippen molar-refractivity contribution in [2.45, 2.75) is 12.5 Å². The molecule has 1 aromatic rings. The summed E-state index contributed by atoms with van der Waals surface area (Å²) in [6.45, 7) is 1.09. The number of carboxylic acids is 1. The molecule has 0 aliphatic heterocycles. The molecule has 0 fully saturated rings. The number of hydrogen-bond acceptors (Lipinski definition) is 5. The summed E-state index contributed by atoms with van der Waals surface area (Å²) in [5, 5.41) is 29.5. The summed E-state index contributed by atoms with van der Waals surface area (Å²) < 4.78 is 4.79. The molecule has 1 aromatic carbocycles. The Morgan fingerprint density at radius 1 is 1.50 bits per heavy atom. The van der Waals surface area contributed by atoms with Crippen molar-refractivity contribution in [3.8, 4) is 11.5 Å². The van der Waals surface area contributed by atoms with E-state index in [-0.39, 0.29) is 46.6 Å². The molecule has 2 N–H and O–H groups in total. The fraction of sp³-hybridized carbons (Fsp3) is 0.300. The van der Waals surface area contributed by atoms with Crippen LogP contribution < -0.4 is 39.4 Å². The zero-order valence-corrected chi connectivity index (χ0v) is 11.4. The molecule has 1 unspecified atom stereocenters. The summed E-state index contributed by atoms with van der Waals surface area (Å²) in [5.74, 6) is -1.65. The number of phenols is 1. The van der Waals surface area contributed by atoms with E-state index in [1.54, 1.807) is 0 Å². The Labute approximate surface area is 115 Å². The zero-order chi connectivity index (χ0) is 11.6. The molecule has 6 heteroatoms. The average molecular weight is 234 g/mol. The molecule has 0 amide bonds. The number of carboxylic acid groups (broad SMARTS) is 1. The van der Waals surface area contributed by atoms with Crippen LogP contribution in [0, 0.1) is 0 Å². The van der Waals surface area contributed by atoms with Gasteiger partial charge in [-0.05, 0) is 24.6 Å². The van der Waals surface area contributed by atoms with Gasteiger partial charge in [0.2, 0.25) is 0 Å². The molecule has 0 spiro atoms. The van der Waals surface area contributed by atoms with Gasteiger partial charge < -0.3 is 24.9 Å². The third-order valence-electron chi connectivity index (χ3n) is 2.14. The van der Waals surface area contributed by atoms with Crippen molar-refractivity contribution >= 4 is 5.97 Å². The first kappa shape index (κ1) is 15.2. The molecule has 1 rings (SSSR count). The van der Waals surface area contributed by atoms with Gasteiger partial charge in [0.05, 0.1) is 13.1 Å². The van der Waals surface area contributed by atoms with E-state index >= 15 is 0 Å². The maximum atomic E-state index is 10.6. The summed E-state index contributed by atoms with van der Waals surface area (Å²) in [6.07, 6.45) is 0. The van der Waals surface area contributed by atoms with E-state index < -0.39 is 11.6 Å². The molecule has 1 atom stereocenters. The van der Waals surface area contributed by atoms with E-state index in [0.717, 1.165) is 6.92 Å². The van der Waals surface area contributed by atoms with Crippen molar-refractivity contribution in [2.24, 2.45) is 0 Å². The first-order valence-corrected chi connectivity index (χ1v) is 4.21. The summed E-state index contributed by atoms with van der Waals surface area (Å²) in [7, 11) is 1.33. The quantitative estimate of drug-likeness (QED) is 0.527. The van der Waals surface area contributed by atoms with Gasteiger partial charge >= 0.3 is 29.6 Å². The minimum absolute atomic E-state index is 0. The normalized spacial score (nSPS) is 13.4. The number of aliphatic carboxylic acids is 1. The topological polar surface area (TPSA) is 89.8 Å². The monoisotopic (exact) mass is 234 g/mol. The van der Waals surface area contributed by atoms with E-state index in [1.165, 1.54) is 25.3 Å². The van der Waals surface area contributed by atoms with Crippen LogP contribution in [0.15, 0.2) is 18.2 Å². The van der Waals surface area contributed by atoms with Crippen LogP contribution >= 0.6 is 0 Å². The van der Waals surface area contributed by atoms with Gasteiger partial charge in [0.15, 0.2) is 11.5 Å². The van der Waals surface area contributed by atoms with Crippen molar-refractivity contribution in [1.82, 2.24) is 0 Å². The Kier molecular flexibility index (Phi) is 5.28. The number of carbonyl (C=O) groups excluding carboxylic acids is 1. The predicted octanol–water partition coefficient (Wildman–Crippen LogP) is -3.64. The van der Waals surface area contributed by atoms with Crippen LogP contribution in [0.4, 0.5) is 0 Å². The standard InChI is InChI=1S/C10H12O5.Na/c1-10(14,9(12)13)6-3-4-7(11)8(5-6)15-2;/h3-5,11,14H,1-2H3,(H,12,13);/q;+1/p-1. The molecule has 0 aliphatic rings. The molecule has 5 nitrogen and oxygen atoms in total. The Hall–Kier alpha value is -0.750. The largest absolute Gasteiger partial charge is 1.00 e. The minimum atomic E-state index is -2.11. The maximum absolute atomic E-state index is 10.6. The molecule has 0 saturated carbocycles. The second-order valence-electron chi connectivity index (χ2n) is 3.25. The van der Waals surface area contributed by atoms with Crippen molar-refractivity contribution in [3.05, 3.63) is 23.8 Å². The van der Waals surface area contributed by atoms with Gasteiger partial charge in [-0.25, -0.2) is 0 Å². The SMILES string of the molecule is COc1cc(C(C)(O)C(=O)[O-])ccc1O.[Na+]. The third kappa shape index (κ3) is 2.89. The Morgan fingerprint density at radius 3 is 2.50 bits per heavy atom. The Bertz CT molecular complexity index is 389. The fourth-order valence-electron chi connectivity index (χ4n) is 1.10. The van der Waals surface area contributed by atoms with Gasteiger partial charge in [-0.15, -0.1) is 0 Å². The molecule has 0 saturated heterocycles. The van der Waals surface area contributed by atoms with Gasteiger partial charge in [-0.2, -0.15) is 0 Å². The van der Waals surface area contributed by atoms with Gasteiger partial charge in [0.1, 0.15) is 5.60 Å². The predicted molar refractivity (Wildman–Crippen MR) is 49.2 cm³/mol. The van der Waals surface area contributed by atoms with Crippen LogP contribution in [-0.2, 0) is 10.4 Å². The second-order valence-corrected chi connectivity index (χ2v) is 3.25. The van der Waals surface area contributed by atoms with E-state index in [1.807, 2.05) is 0 Å². The Morgan fingerprint density at radius 2 is 2.06 bits per heavy atom. The average Bonchev–Trinajstić information content (AvgIpc) is 2.18.